The van der Waals surface area contributed by atoms with E-state index in [0.717, 1.165) is 41.2 Å². The Kier molecular flexibility index (Phi) is 4.43. The molecule has 0 aliphatic heterocycles. The predicted molar refractivity (Wildman–Crippen MR) is 114 cm³/mol. The molecule has 0 radical (unpaired) electrons. The highest BCUT2D eigenvalue weighted by molar-refractivity contribution is 6.10. The maximum absolute atomic E-state index is 12.6. The third-order valence-corrected chi connectivity index (χ3v) is 5.71. The van der Waals surface area contributed by atoms with Gasteiger partial charge in [0.15, 0.2) is 5.78 Å². The standard InChI is InChI=1S/C24H23N3O2/c28-23(25-12-11-17-13-26-21-7-3-1-5-18(17)21)15-27-14-20(24(29)16-9-10-16)19-6-2-4-8-22(19)27/h1-8,13-14,16,26H,9-12,15H2,(H,25,28). The fraction of sp³-hybridized carbons (Fsp3) is 0.250. The van der Waals surface area contributed by atoms with E-state index < -0.39 is 0 Å². The Bertz CT molecular complexity index is 1210. The summed E-state index contributed by atoms with van der Waals surface area (Å²) in [4.78, 5) is 28.4. The van der Waals surface area contributed by atoms with Gasteiger partial charge in [-0.3, -0.25) is 9.59 Å². The molecule has 5 heteroatoms. The van der Waals surface area contributed by atoms with Crippen LogP contribution in [0.4, 0.5) is 0 Å². The first-order valence-corrected chi connectivity index (χ1v) is 10.1. The predicted octanol–water partition coefficient (Wildman–Crippen LogP) is 4.07. The molecule has 1 saturated carbocycles. The second-order valence-corrected chi connectivity index (χ2v) is 7.79. The molecule has 0 atom stereocenters. The lowest BCUT2D eigenvalue weighted by molar-refractivity contribution is -0.121. The molecule has 2 aromatic carbocycles. The van der Waals surface area contributed by atoms with E-state index in [1.807, 2.05) is 53.4 Å². The van der Waals surface area contributed by atoms with E-state index in [1.165, 1.54) is 10.9 Å². The Labute approximate surface area is 168 Å². The van der Waals surface area contributed by atoms with Gasteiger partial charge in [-0.25, -0.2) is 0 Å². The average Bonchev–Trinajstić information content (AvgIpc) is 3.43. The number of aromatic nitrogens is 2. The first-order valence-electron chi connectivity index (χ1n) is 10.1. The molecule has 2 aromatic heterocycles. The smallest absolute Gasteiger partial charge is 0.239 e. The highest BCUT2D eigenvalue weighted by Gasteiger charge is 2.32. The molecule has 1 fully saturated rings. The quantitative estimate of drug-likeness (QED) is 0.471. The minimum absolute atomic E-state index is 0.0454. The van der Waals surface area contributed by atoms with Crippen molar-refractivity contribution in [3.8, 4) is 0 Å². The Morgan fingerprint density at radius 2 is 1.79 bits per heavy atom. The van der Waals surface area contributed by atoms with Crippen molar-refractivity contribution in [2.45, 2.75) is 25.8 Å². The van der Waals surface area contributed by atoms with Crippen LogP contribution in [-0.2, 0) is 17.8 Å². The van der Waals surface area contributed by atoms with E-state index >= 15 is 0 Å². The van der Waals surface area contributed by atoms with Gasteiger partial charge in [-0.1, -0.05) is 36.4 Å². The molecule has 1 aliphatic carbocycles. The summed E-state index contributed by atoms with van der Waals surface area (Å²) in [5.74, 6) is 0.329. The molecule has 0 bridgehead atoms. The number of fused-ring (bicyclic) bond motifs is 2. The molecule has 5 nitrogen and oxygen atoms in total. The van der Waals surface area contributed by atoms with Crippen LogP contribution >= 0.6 is 0 Å². The van der Waals surface area contributed by atoms with Gasteiger partial charge >= 0.3 is 0 Å². The summed E-state index contributed by atoms with van der Waals surface area (Å²) < 4.78 is 1.89. The Hall–Kier alpha value is -3.34. The summed E-state index contributed by atoms with van der Waals surface area (Å²) >= 11 is 0. The van der Waals surface area contributed by atoms with Crippen molar-refractivity contribution in [2.75, 3.05) is 6.54 Å². The number of benzene rings is 2. The molecule has 29 heavy (non-hydrogen) atoms. The second kappa shape index (κ2) is 7.24. The summed E-state index contributed by atoms with van der Waals surface area (Å²) in [5, 5.41) is 5.15. The molecule has 146 valence electrons. The van der Waals surface area contributed by atoms with Gasteiger partial charge < -0.3 is 14.9 Å². The molecular formula is C24H23N3O2. The SMILES string of the molecule is O=C(Cn1cc(C(=O)C2CC2)c2ccccc21)NCCc1c[nH]c2ccccc12. The number of rotatable bonds is 7. The van der Waals surface area contributed by atoms with Crippen LogP contribution in [0.2, 0.25) is 0 Å². The number of hydrogen-bond donors (Lipinski definition) is 2. The number of nitrogens with one attached hydrogen (secondary N) is 2. The number of nitrogens with zero attached hydrogens (tertiary/aromatic N) is 1. The first-order chi connectivity index (χ1) is 14.2. The minimum Gasteiger partial charge on any atom is -0.361 e. The number of Topliss-reactive ketones (excluding diaryl/α,β-unsaturated/α-hetero) is 1. The van der Waals surface area contributed by atoms with Crippen molar-refractivity contribution in [3.05, 3.63) is 72.1 Å². The van der Waals surface area contributed by atoms with Crippen molar-refractivity contribution in [2.24, 2.45) is 5.92 Å². The van der Waals surface area contributed by atoms with Crippen LogP contribution in [0.1, 0.15) is 28.8 Å². The van der Waals surface area contributed by atoms with Crippen LogP contribution in [-0.4, -0.2) is 27.8 Å². The summed E-state index contributed by atoms with van der Waals surface area (Å²) in [7, 11) is 0. The molecule has 4 aromatic rings. The molecule has 1 aliphatic rings. The van der Waals surface area contributed by atoms with E-state index in [-0.39, 0.29) is 24.2 Å². The van der Waals surface area contributed by atoms with Gasteiger partial charge in [0.25, 0.3) is 0 Å². The molecule has 2 heterocycles. The van der Waals surface area contributed by atoms with Crippen molar-refractivity contribution in [1.82, 2.24) is 14.9 Å². The Morgan fingerprint density at radius 3 is 2.62 bits per heavy atom. The highest BCUT2D eigenvalue weighted by atomic mass is 16.2. The van der Waals surface area contributed by atoms with Gasteiger partial charge in [0, 0.05) is 52.2 Å². The highest BCUT2D eigenvalue weighted by Crippen LogP contribution is 2.35. The Morgan fingerprint density at radius 1 is 1.03 bits per heavy atom. The fourth-order valence-electron chi connectivity index (χ4n) is 4.03. The monoisotopic (exact) mass is 385 g/mol. The van der Waals surface area contributed by atoms with E-state index in [2.05, 4.69) is 22.4 Å². The van der Waals surface area contributed by atoms with Crippen molar-refractivity contribution < 1.29 is 9.59 Å². The van der Waals surface area contributed by atoms with Gasteiger partial charge in [0.2, 0.25) is 5.91 Å². The number of amides is 1. The molecular weight excluding hydrogens is 362 g/mol. The number of aromatic amines is 1. The lowest BCUT2D eigenvalue weighted by Gasteiger charge is -2.07. The second-order valence-electron chi connectivity index (χ2n) is 7.79. The molecule has 5 rings (SSSR count). The number of ketones is 1. The number of para-hydroxylation sites is 2. The fourth-order valence-corrected chi connectivity index (χ4v) is 4.03. The lowest BCUT2D eigenvalue weighted by atomic mass is 10.1. The van der Waals surface area contributed by atoms with Gasteiger partial charge in [0.1, 0.15) is 6.54 Å². The maximum Gasteiger partial charge on any atom is 0.239 e. The summed E-state index contributed by atoms with van der Waals surface area (Å²) in [5.41, 5.74) is 3.99. The Balaban J connectivity index is 1.27. The zero-order chi connectivity index (χ0) is 19.8. The number of H-pyrrole nitrogens is 1. The largest absolute Gasteiger partial charge is 0.361 e. The average molecular weight is 385 g/mol. The summed E-state index contributed by atoms with van der Waals surface area (Å²) in [6.45, 7) is 0.792. The summed E-state index contributed by atoms with van der Waals surface area (Å²) in [6, 6.07) is 16.0. The van der Waals surface area contributed by atoms with Crippen molar-refractivity contribution >= 4 is 33.5 Å². The third-order valence-electron chi connectivity index (χ3n) is 5.71. The third kappa shape index (κ3) is 3.44. The van der Waals surface area contributed by atoms with Gasteiger partial charge in [0.05, 0.1) is 0 Å². The van der Waals surface area contributed by atoms with Crippen LogP contribution in [0.25, 0.3) is 21.8 Å². The van der Waals surface area contributed by atoms with Crippen LogP contribution < -0.4 is 5.32 Å². The van der Waals surface area contributed by atoms with Crippen LogP contribution in [0, 0.1) is 5.92 Å². The number of carbonyl (C=O) groups excluding carboxylic acids is 2. The first kappa shape index (κ1) is 17.7. The molecule has 0 saturated heterocycles. The molecule has 1 amide bonds. The topological polar surface area (TPSA) is 66.9 Å². The zero-order valence-corrected chi connectivity index (χ0v) is 16.2. The normalized spacial score (nSPS) is 13.8. The van der Waals surface area contributed by atoms with Crippen LogP contribution in [0.3, 0.4) is 0 Å². The van der Waals surface area contributed by atoms with E-state index in [9.17, 15) is 9.59 Å². The van der Waals surface area contributed by atoms with E-state index in [1.54, 1.807) is 0 Å². The lowest BCUT2D eigenvalue weighted by Crippen LogP contribution is -2.29. The molecule has 2 N–H and O–H groups in total. The van der Waals surface area contributed by atoms with Gasteiger partial charge in [-0.15, -0.1) is 0 Å². The zero-order valence-electron chi connectivity index (χ0n) is 16.2. The minimum atomic E-state index is -0.0454. The molecule has 0 spiro atoms. The van der Waals surface area contributed by atoms with E-state index in [4.69, 9.17) is 0 Å². The molecule has 0 unspecified atom stereocenters. The van der Waals surface area contributed by atoms with Crippen LogP contribution in [0.5, 0.6) is 0 Å². The van der Waals surface area contributed by atoms with Crippen molar-refractivity contribution in [1.29, 1.82) is 0 Å². The van der Waals surface area contributed by atoms with E-state index in [0.29, 0.717) is 6.54 Å². The van der Waals surface area contributed by atoms with Crippen molar-refractivity contribution in [3.63, 3.8) is 0 Å². The number of carbonyl (C=O) groups is 2. The maximum atomic E-state index is 12.6. The number of hydrogen-bond acceptors (Lipinski definition) is 2. The van der Waals surface area contributed by atoms with Gasteiger partial charge in [-0.05, 0) is 37.0 Å². The van der Waals surface area contributed by atoms with Crippen LogP contribution in [0.15, 0.2) is 60.9 Å². The summed E-state index contributed by atoms with van der Waals surface area (Å²) in [6.07, 6.45) is 6.59. The van der Waals surface area contributed by atoms with Gasteiger partial charge in [-0.2, -0.15) is 0 Å².